The number of benzene rings is 1. The summed E-state index contributed by atoms with van der Waals surface area (Å²) in [7, 11) is 0. The molecular formula is C12H14ClF4NO4. The summed E-state index contributed by atoms with van der Waals surface area (Å²) in [6.45, 7) is 1.36. The number of carbonyl (C=O) groups is 1. The molecule has 5 nitrogen and oxygen atoms in total. The SMILES string of the molecule is CCOC(=O)C(F)[C@@H](N)c1cccc(OC(F)(F)F)c1O.Cl. The number of aromatic hydroxyl groups is 1. The number of ether oxygens (including phenoxy) is 2. The summed E-state index contributed by atoms with van der Waals surface area (Å²) in [6.07, 6.45) is -7.37. The van der Waals surface area contributed by atoms with Crippen molar-refractivity contribution in [2.24, 2.45) is 5.73 Å². The number of para-hydroxylation sites is 1. The molecule has 1 aromatic rings. The van der Waals surface area contributed by atoms with E-state index < -0.39 is 41.6 Å². The molecule has 0 amide bonds. The zero-order valence-corrected chi connectivity index (χ0v) is 12.1. The second-order valence-corrected chi connectivity index (χ2v) is 3.92. The molecule has 10 heteroatoms. The predicted molar refractivity (Wildman–Crippen MR) is 70.5 cm³/mol. The lowest BCUT2D eigenvalue weighted by molar-refractivity contribution is -0.275. The summed E-state index contributed by atoms with van der Waals surface area (Å²) >= 11 is 0. The number of nitrogens with two attached hydrogens (primary N) is 1. The van der Waals surface area contributed by atoms with E-state index in [1.165, 1.54) is 6.92 Å². The minimum atomic E-state index is -5.03. The molecule has 22 heavy (non-hydrogen) atoms. The summed E-state index contributed by atoms with van der Waals surface area (Å²) in [5.74, 6) is -3.20. The number of carbonyl (C=O) groups excluding carboxylic acids is 1. The van der Waals surface area contributed by atoms with Crippen LogP contribution in [0.15, 0.2) is 18.2 Å². The van der Waals surface area contributed by atoms with Crippen LogP contribution in [-0.2, 0) is 9.53 Å². The summed E-state index contributed by atoms with van der Waals surface area (Å²) in [4.78, 5) is 11.2. The first kappa shape index (κ1) is 20.3. The number of alkyl halides is 4. The zero-order chi connectivity index (χ0) is 16.2. The lowest BCUT2D eigenvalue weighted by Gasteiger charge is -2.19. The van der Waals surface area contributed by atoms with Crippen LogP contribution < -0.4 is 10.5 Å². The molecule has 0 radical (unpaired) electrons. The Morgan fingerprint density at radius 1 is 1.41 bits per heavy atom. The smallest absolute Gasteiger partial charge is 0.504 e. The maximum Gasteiger partial charge on any atom is 0.573 e. The van der Waals surface area contributed by atoms with Gasteiger partial charge in [-0.05, 0) is 13.0 Å². The molecule has 1 rings (SSSR count). The Morgan fingerprint density at radius 2 is 2.00 bits per heavy atom. The Labute approximate surface area is 129 Å². The van der Waals surface area contributed by atoms with Crippen molar-refractivity contribution >= 4 is 18.4 Å². The van der Waals surface area contributed by atoms with Crippen molar-refractivity contribution in [2.45, 2.75) is 25.5 Å². The van der Waals surface area contributed by atoms with E-state index in [1.807, 2.05) is 0 Å². The maximum absolute atomic E-state index is 13.7. The van der Waals surface area contributed by atoms with Crippen molar-refractivity contribution in [2.75, 3.05) is 6.61 Å². The molecule has 0 fully saturated rings. The standard InChI is InChI=1S/C12H13F4NO4.ClH/c1-2-20-11(19)8(13)9(17)6-4-3-5-7(10(6)18)21-12(14,15)16;/h3-5,8-9,18H,2,17H2,1H3;1H/t8?,9-;/m0./s1. The van der Waals surface area contributed by atoms with Crippen LogP contribution in [0.1, 0.15) is 18.5 Å². The fourth-order valence-electron chi connectivity index (χ4n) is 1.54. The van der Waals surface area contributed by atoms with Crippen molar-refractivity contribution in [3.8, 4) is 11.5 Å². The van der Waals surface area contributed by atoms with E-state index in [-0.39, 0.29) is 19.0 Å². The number of hydrogen-bond donors (Lipinski definition) is 2. The van der Waals surface area contributed by atoms with Crippen LogP contribution in [0.25, 0.3) is 0 Å². The molecule has 126 valence electrons. The summed E-state index contributed by atoms with van der Waals surface area (Å²) in [5.41, 5.74) is 5.03. The Hall–Kier alpha value is -1.74. The highest BCUT2D eigenvalue weighted by Gasteiger charge is 2.35. The largest absolute Gasteiger partial charge is 0.573 e. The van der Waals surface area contributed by atoms with Crippen LogP contribution in [0, 0.1) is 0 Å². The van der Waals surface area contributed by atoms with E-state index >= 15 is 0 Å². The zero-order valence-electron chi connectivity index (χ0n) is 11.3. The van der Waals surface area contributed by atoms with Gasteiger partial charge in [-0.15, -0.1) is 25.6 Å². The number of phenolic OH excluding ortho intramolecular Hbond substituents is 1. The van der Waals surface area contributed by atoms with Gasteiger partial charge in [0.05, 0.1) is 12.6 Å². The monoisotopic (exact) mass is 347 g/mol. The lowest BCUT2D eigenvalue weighted by Crippen LogP contribution is -2.31. The van der Waals surface area contributed by atoms with Gasteiger partial charge < -0.3 is 20.3 Å². The van der Waals surface area contributed by atoms with Crippen molar-refractivity contribution < 1.29 is 36.9 Å². The second kappa shape index (κ2) is 8.04. The molecule has 1 aromatic carbocycles. The van der Waals surface area contributed by atoms with Crippen molar-refractivity contribution in [3.63, 3.8) is 0 Å². The van der Waals surface area contributed by atoms with E-state index in [2.05, 4.69) is 9.47 Å². The van der Waals surface area contributed by atoms with Gasteiger partial charge in [0.15, 0.2) is 11.5 Å². The normalized spacial score (nSPS) is 13.7. The Morgan fingerprint density at radius 3 is 2.50 bits per heavy atom. The molecule has 0 aromatic heterocycles. The van der Waals surface area contributed by atoms with Crippen molar-refractivity contribution in [1.82, 2.24) is 0 Å². The van der Waals surface area contributed by atoms with Gasteiger partial charge in [0.1, 0.15) is 0 Å². The van der Waals surface area contributed by atoms with Gasteiger partial charge in [0, 0.05) is 5.56 Å². The molecule has 0 aliphatic rings. The molecular weight excluding hydrogens is 334 g/mol. The average Bonchev–Trinajstić information content (AvgIpc) is 2.38. The fourth-order valence-corrected chi connectivity index (χ4v) is 1.54. The Kier molecular flexibility index (Phi) is 7.41. The number of esters is 1. The third-order valence-electron chi connectivity index (χ3n) is 2.44. The van der Waals surface area contributed by atoms with Crippen LogP contribution in [0.4, 0.5) is 17.6 Å². The van der Waals surface area contributed by atoms with Crippen molar-refractivity contribution in [3.05, 3.63) is 23.8 Å². The molecule has 0 aliphatic heterocycles. The first-order valence-electron chi connectivity index (χ1n) is 5.81. The maximum atomic E-state index is 13.7. The first-order chi connectivity index (χ1) is 9.67. The minimum Gasteiger partial charge on any atom is -0.504 e. The van der Waals surface area contributed by atoms with Gasteiger partial charge >= 0.3 is 12.3 Å². The number of halogens is 5. The molecule has 0 bridgehead atoms. The molecule has 0 heterocycles. The van der Waals surface area contributed by atoms with Crippen LogP contribution in [0.5, 0.6) is 11.5 Å². The van der Waals surface area contributed by atoms with Gasteiger partial charge in [-0.25, -0.2) is 9.18 Å². The molecule has 2 atom stereocenters. The van der Waals surface area contributed by atoms with Crippen LogP contribution in [0.2, 0.25) is 0 Å². The molecule has 0 saturated heterocycles. The van der Waals surface area contributed by atoms with Crippen molar-refractivity contribution in [1.29, 1.82) is 0 Å². The fraction of sp³-hybridized carbons (Fsp3) is 0.417. The third kappa shape index (κ3) is 5.23. The lowest BCUT2D eigenvalue weighted by atomic mass is 10.0. The molecule has 3 N–H and O–H groups in total. The van der Waals surface area contributed by atoms with E-state index in [4.69, 9.17) is 5.73 Å². The number of phenols is 1. The first-order valence-corrected chi connectivity index (χ1v) is 5.81. The van der Waals surface area contributed by atoms with Gasteiger partial charge in [0.25, 0.3) is 0 Å². The highest BCUT2D eigenvalue weighted by atomic mass is 35.5. The molecule has 0 aliphatic carbocycles. The highest BCUT2D eigenvalue weighted by molar-refractivity contribution is 5.85. The predicted octanol–water partition coefficient (Wildman–Crippen LogP) is 2.61. The quantitative estimate of drug-likeness (QED) is 0.632. The topological polar surface area (TPSA) is 81.8 Å². The van der Waals surface area contributed by atoms with E-state index in [0.717, 1.165) is 18.2 Å². The van der Waals surface area contributed by atoms with E-state index in [9.17, 15) is 27.5 Å². The van der Waals surface area contributed by atoms with E-state index in [1.54, 1.807) is 0 Å². The minimum absolute atomic E-state index is 0. The van der Waals surface area contributed by atoms with Crippen LogP contribution >= 0.6 is 12.4 Å². The van der Waals surface area contributed by atoms with Gasteiger partial charge in [-0.2, -0.15) is 0 Å². The van der Waals surface area contributed by atoms with E-state index in [0.29, 0.717) is 0 Å². The highest BCUT2D eigenvalue weighted by Crippen LogP contribution is 2.37. The average molecular weight is 348 g/mol. The van der Waals surface area contributed by atoms with Gasteiger partial charge in [-0.3, -0.25) is 0 Å². The van der Waals surface area contributed by atoms with Gasteiger partial charge in [-0.1, -0.05) is 12.1 Å². The Bertz CT molecular complexity index is 512. The van der Waals surface area contributed by atoms with Crippen LogP contribution in [0.3, 0.4) is 0 Å². The molecule has 1 unspecified atom stereocenters. The summed E-state index contributed by atoms with van der Waals surface area (Å²) in [6, 6.07) is 1.29. The second-order valence-electron chi connectivity index (χ2n) is 3.92. The molecule has 0 saturated carbocycles. The number of hydrogen-bond acceptors (Lipinski definition) is 5. The Balaban J connectivity index is 0.00000441. The third-order valence-corrected chi connectivity index (χ3v) is 2.44. The van der Waals surface area contributed by atoms with Gasteiger partial charge in [0.2, 0.25) is 6.17 Å². The summed E-state index contributed by atoms with van der Waals surface area (Å²) in [5, 5.41) is 9.66. The number of rotatable bonds is 5. The van der Waals surface area contributed by atoms with Crippen LogP contribution in [-0.4, -0.2) is 30.2 Å². The molecule has 0 spiro atoms. The summed E-state index contributed by atoms with van der Waals surface area (Å²) < 4.78 is 58.1.